The maximum atomic E-state index is 6.07. The van der Waals surface area contributed by atoms with Crippen molar-refractivity contribution in [1.29, 1.82) is 0 Å². The molecule has 12 saturated heterocycles. The first kappa shape index (κ1) is 24.8. The molecule has 12 fully saturated rings. The third-order valence-corrected chi connectivity index (χ3v) is 10.2. The second kappa shape index (κ2) is 12.9. The van der Waals surface area contributed by atoms with Gasteiger partial charge < -0.3 is 37.9 Å². The summed E-state index contributed by atoms with van der Waals surface area (Å²) in [6.07, 6.45) is -0.908. The zero-order valence-electron chi connectivity index (χ0n) is 18.0. The largest absolute Gasteiger partial charge is 0.349 e. The van der Waals surface area contributed by atoms with E-state index in [-0.39, 0.29) is 49.6 Å². The fourth-order valence-electron chi connectivity index (χ4n) is 3.99. The molecule has 0 radical (unpaired) electrons. The van der Waals surface area contributed by atoms with Crippen molar-refractivity contribution in [3.63, 3.8) is 0 Å². The SMILES string of the molecule is C1CSC[C@@H]2OC[C@H]3O[C@H](CSCCSC[C@@H]4OC[C@@H]5O[C@H](CS1)OC[C@@H]5O4)OC[C@H]3O2. The standard InChI is InChI=1S/C20H32O8S4/c1-2-30-10-18-22-7-16-15(26-18)8-24-20(28-16)12-32-4-3-31-11-19-23-6-13-14(27-19)5-21-17(25-13)9-29-1/h13-20H,1-12H2/t13-,14-,15+,16+,17-,18-,19-,20-/m1/s1. The summed E-state index contributed by atoms with van der Waals surface area (Å²) in [7, 11) is 0. The fraction of sp³-hybridized carbons (Fsp3) is 1.00. The van der Waals surface area contributed by atoms with Gasteiger partial charge >= 0.3 is 0 Å². The molecule has 0 aromatic rings. The molecule has 0 amide bonds. The molecule has 0 aromatic carbocycles. The van der Waals surface area contributed by atoms with E-state index >= 15 is 0 Å². The molecule has 0 aliphatic carbocycles. The number of rotatable bonds is 0. The van der Waals surface area contributed by atoms with E-state index in [0.29, 0.717) is 26.4 Å². The van der Waals surface area contributed by atoms with E-state index in [1.54, 1.807) is 0 Å². The molecule has 8 nitrogen and oxygen atoms in total. The lowest BCUT2D eigenvalue weighted by Gasteiger charge is -2.42. The van der Waals surface area contributed by atoms with Crippen LogP contribution in [0.25, 0.3) is 0 Å². The van der Waals surface area contributed by atoms with Crippen LogP contribution in [0.2, 0.25) is 0 Å². The Morgan fingerprint density at radius 1 is 0.375 bits per heavy atom. The molecule has 12 aliphatic rings. The van der Waals surface area contributed by atoms with E-state index in [1.165, 1.54) is 0 Å². The molecule has 12 rings (SSSR count). The summed E-state index contributed by atoms with van der Waals surface area (Å²) in [5, 5.41) is 0. The van der Waals surface area contributed by atoms with E-state index in [9.17, 15) is 0 Å². The first-order valence-corrected chi connectivity index (χ1v) is 15.8. The minimum Gasteiger partial charge on any atom is -0.349 e. The normalized spacial score (nSPS) is 45.0. The fourth-order valence-corrected chi connectivity index (χ4v) is 8.01. The average molecular weight is 529 g/mol. The van der Waals surface area contributed by atoms with Gasteiger partial charge in [-0.25, -0.2) is 0 Å². The third-order valence-electron chi connectivity index (χ3n) is 5.68. The highest BCUT2D eigenvalue weighted by Gasteiger charge is 2.40. The Balaban J connectivity index is 1.11. The van der Waals surface area contributed by atoms with Crippen molar-refractivity contribution in [1.82, 2.24) is 0 Å². The van der Waals surface area contributed by atoms with Crippen LogP contribution in [0, 0.1) is 0 Å². The van der Waals surface area contributed by atoms with Gasteiger partial charge in [-0.2, -0.15) is 47.0 Å². The predicted octanol–water partition coefficient (Wildman–Crippen LogP) is 1.90. The van der Waals surface area contributed by atoms with Crippen LogP contribution in [-0.2, 0) is 37.9 Å². The zero-order chi connectivity index (χ0) is 21.6. The molecule has 0 saturated carbocycles. The monoisotopic (exact) mass is 528 g/mol. The van der Waals surface area contributed by atoms with Gasteiger partial charge in [-0.15, -0.1) is 0 Å². The molecule has 32 heavy (non-hydrogen) atoms. The Kier molecular flexibility index (Phi) is 9.95. The lowest BCUT2D eigenvalue weighted by atomic mass is 10.2. The minimum absolute atomic E-state index is 0.0362. The first-order valence-electron chi connectivity index (χ1n) is 11.2. The second-order valence-corrected chi connectivity index (χ2v) is 12.6. The second-order valence-electron chi connectivity index (χ2n) is 8.05. The molecule has 184 valence electrons. The van der Waals surface area contributed by atoms with Gasteiger partial charge in [0.05, 0.1) is 26.4 Å². The Labute approximate surface area is 206 Å². The maximum Gasteiger partial charge on any atom is 0.167 e. The molecule has 8 bridgehead atoms. The van der Waals surface area contributed by atoms with Gasteiger partial charge in [-0.3, -0.25) is 0 Å². The summed E-state index contributed by atoms with van der Waals surface area (Å²) >= 11 is 7.38. The molecule has 12 aliphatic heterocycles. The molecule has 0 aromatic heterocycles. The quantitative estimate of drug-likeness (QED) is 0.461. The van der Waals surface area contributed by atoms with Crippen molar-refractivity contribution in [3.05, 3.63) is 0 Å². The van der Waals surface area contributed by atoms with Crippen molar-refractivity contribution in [2.24, 2.45) is 0 Å². The van der Waals surface area contributed by atoms with E-state index in [0.717, 1.165) is 46.0 Å². The Morgan fingerprint density at radius 2 is 0.625 bits per heavy atom. The van der Waals surface area contributed by atoms with Crippen LogP contribution in [-0.4, -0.2) is 122 Å². The lowest BCUT2D eigenvalue weighted by Crippen LogP contribution is -2.54. The van der Waals surface area contributed by atoms with Crippen LogP contribution in [0.5, 0.6) is 0 Å². The van der Waals surface area contributed by atoms with Gasteiger partial charge in [-0.1, -0.05) is 0 Å². The first-order chi connectivity index (χ1) is 15.8. The Hall–Kier alpha value is 1.08. The smallest absolute Gasteiger partial charge is 0.167 e. The summed E-state index contributed by atoms with van der Waals surface area (Å²) in [5.41, 5.74) is 0. The van der Waals surface area contributed by atoms with Crippen molar-refractivity contribution in [2.45, 2.75) is 49.6 Å². The minimum atomic E-state index is -0.191. The van der Waals surface area contributed by atoms with Crippen LogP contribution in [0.3, 0.4) is 0 Å². The summed E-state index contributed by atoms with van der Waals surface area (Å²) < 4.78 is 47.9. The zero-order valence-corrected chi connectivity index (χ0v) is 21.3. The molecule has 12 heterocycles. The van der Waals surface area contributed by atoms with E-state index in [4.69, 9.17) is 37.9 Å². The van der Waals surface area contributed by atoms with Crippen LogP contribution < -0.4 is 0 Å². The van der Waals surface area contributed by atoms with Crippen LogP contribution in [0.4, 0.5) is 0 Å². The molecule has 0 spiro atoms. The van der Waals surface area contributed by atoms with Crippen molar-refractivity contribution in [2.75, 3.05) is 72.5 Å². The van der Waals surface area contributed by atoms with Gasteiger partial charge in [0, 0.05) is 46.0 Å². The number of hydrogen-bond donors (Lipinski definition) is 0. The van der Waals surface area contributed by atoms with Gasteiger partial charge in [0.25, 0.3) is 0 Å². The number of hydrogen-bond acceptors (Lipinski definition) is 12. The highest BCUT2D eigenvalue weighted by atomic mass is 32.2. The van der Waals surface area contributed by atoms with Gasteiger partial charge in [-0.05, 0) is 0 Å². The number of thioether (sulfide) groups is 4. The highest BCUT2D eigenvalue weighted by Crippen LogP contribution is 2.28. The molecular weight excluding hydrogens is 496 g/mol. The van der Waals surface area contributed by atoms with Crippen LogP contribution in [0.1, 0.15) is 0 Å². The Morgan fingerprint density at radius 3 is 0.875 bits per heavy atom. The van der Waals surface area contributed by atoms with Gasteiger partial charge in [0.1, 0.15) is 24.4 Å². The van der Waals surface area contributed by atoms with E-state index < -0.39 is 0 Å². The summed E-state index contributed by atoms with van der Waals surface area (Å²) in [6, 6.07) is 0. The molecule has 8 atom stereocenters. The lowest BCUT2D eigenvalue weighted by molar-refractivity contribution is -0.326. The van der Waals surface area contributed by atoms with Crippen molar-refractivity contribution < 1.29 is 37.9 Å². The third kappa shape index (κ3) is 7.07. The van der Waals surface area contributed by atoms with E-state index in [1.807, 2.05) is 47.0 Å². The Bertz CT molecular complexity index is 482. The molecule has 0 unspecified atom stereocenters. The summed E-state index contributed by atoms with van der Waals surface area (Å²) in [4.78, 5) is 0. The summed E-state index contributed by atoms with van der Waals surface area (Å²) in [6.45, 7) is 2.30. The molecular formula is C20H32O8S4. The maximum absolute atomic E-state index is 6.07. The highest BCUT2D eigenvalue weighted by molar-refractivity contribution is 8.03. The molecule has 12 heteroatoms. The molecule has 0 N–H and O–H groups in total. The van der Waals surface area contributed by atoms with Crippen LogP contribution in [0.15, 0.2) is 0 Å². The van der Waals surface area contributed by atoms with Crippen molar-refractivity contribution in [3.8, 4) is 0 Å². The van der Waals surface area contributed by atoms with Gasteiger partial charge in [0.15, 0.2) is 25.2 Å². The summed E-state index contributed by atoms with van der Waals surface area (Å²) in [5.74, 6) is 7.37. The van der Waals surface area contributed by atoms with Crippen molar-refractivity contribution >= 4 is 47.0 Å². The van der Waals surface area contributed by atoms with E-state index in [2.05, 4.69) is 0 Å². The van der Waals surface area contributed by atoms with Gasteiger partial charge in [0.2, 0.25) is 0 Å². The number of ether oxygens (including phenoxy) is 8. The topological polar surface area (TPSA) is 73.8 Å². The van der Waals surface area contributed by atoms with Crippen LogP contribution >= 0.6 is 47.0 Å². The predicted molar refractivity (Wildman–Crippen MR) is 128 cm³/mol. The average Bonchev–Trinajstić information content (AvgIpc) is 2.82.